The predicted octanol–water partition coefficient (Wildman–Crippen LogP) is 6.27. The Morgan fingerprint density at radius 2 is 2.06 bits per heavy atom. The van der Waals surface area contributed by atoms with Crippen LogP contribution in [0.1, 0.15) is 50.5 Å². The second-order valence-corrected chi connectivity index (χ2v) is 9.31. The number of nitrogens with one attached hydrogen (secondary N) is 2. The number of benzene rings is 2. The number of H-pyrrole nitrogens is 1. The van der Waals surface area contributed by atoms with Crippen LogP contribution in [0.3, 0.4) is 0 Å². The highest BCUT2D eigenvalue weighted by Gasteiger charge is 2.16. The maximum atomic E-state index is 12.5. The lowest BCUT2D eigenvalue weighted by molar-refractivity contribution is -0.134. The monoisotopic (exact) mass is 484 g/mol. The quantitative estimate of drug-likeness (QED) is 0.318. The summed E-state index contributed by atoms with van der Waals surface area (Å²) in [6, 6.07) is 13.7. The van der Waals surface area contributed by atoms with Gasteiger partial charge in [-0.1, -0.05) is 24.3 Å². The van der Waals surface area contributed by atoms with Crippen molar-refractivity contribution < 1.29 is 14.3 Å². The summed E-state index contributed by atoms with van der Waals surface area (Å²) in [5, 5.41) is 11.6. The van der Waals surface area contributed by atoms with Crippen molar-refractivity contribution in [1.82, 2.24) is 10.2 Å². The number of esters is 1. The number of amidine groups is 1. The molecule has 0 spiro atoms. The normalized spacial score (nSPS) is 17.9. The lowest BCUT2D eigenvalue weighted by Gasteiger charge is -2.21. The zero-order chi connectivity index (χ0) is 24.6. The molecule has 2 aliphatic rings. The molecule has 36 heavy (non-hydrogen) atoms. The minimum absolute atomic E-state index is 0.189. The predicted molar refractivity (Wildman–Crippen MR) is 143 cm³/mol. The van der Waals surface area contributed by atoms with Crippen LogP contribution in [-0.2, 0) is 9.53 Å². The molecule has 0 saturated carbocycles. The van der Waals surface area contributed by atoms with Crippen molar-refractivity contribution in [3.8, 4) is 5.75 Å². The van der Waals surface area contributed by atoms with E-state index in [0.717, 1.165) is 85.4 Å². The van der Waals surface area contributed by atoms with E-state index in [4.69, 9.17) is 14.5 Å². The molecule has 1 fully saturated rings. The molecular formula is C29H32N4O3. The number of aliphatic imine (C=N–C) groups is 1. The number of aromatic amines is 1. The van der Waals surface area contributed by atoms with E-state index in [1.54, 1.807) is 0 Å². The average Bonchev–Trinajstić information content (AvgIpc) is 3.40. The first-order valence-corrected chi connectivity index (χ1v) is 12.8. The van der Waals surface area contributed by atoms with E-state index in [0.29, 0.717) is 18.1 Å². The van der Waals surface area contributed by atoms with Crippen LogP contribution in [0.25, 0.3) is 16.6 Å². The van der Waals surface area contributed by atoms with Crippen LogP contribution < -0.4 is 10.1 Å². The van der Waals surface area contributed by atoms with Crippen molar-refractivity contribution in [3.05, 3.63) is 72.5 Å². The fourth-order valence-corrected chi connectivity index (χ4v) is 4.56. The average molecular weight is 485 g/mol. The highest BCUT2D eigenvalue weighted by molar-refractivity contribution is 6.07. The van der Waals surface area contributed by atoms with Gasteiger partial charge >= 0.3 is 5.97 Å². The fourth-order valence-electron chi connectivity index (χ4n) is 4.56. The number of allylic oxidation sites excluding steroid dienone is 2. The number of nitrogens with zero attached hydrogens (tertiary/aromatic N) is 2. The molecule has 0 amide bonds. The van der Waals surface area contributed by atoms with Gasteiger partial charge in [-0.15, -0.1) is 0 Å². The molecule has 3 heterocycles. The minimum Gasteiger partial charge on any atom is -0.427 e. The number of carbonyl (C=O) groups is 1. The Kier molecular flexibility index (Phi) is 7.88. The van der Waals surface area contributed by atoms with Crippen molar-refractivity contribution in [2.24, 2.45) is 10.9 Å². The zero-order valence-corrected chi connectivity index (χ0v) is 20.4. The molecule has 3 aromatic rings. The summed E-state index contributed by atoms with van der Waals surface area (Å²) in [6.45, 7) is 1.59. The summed E-state index contributed by atoms with van der Waals surface area (Å²) in [7, 11) is 0. The van der Waals surface area contributed by atoms with Gasteiger partial charge in [-0.2, -0.15) is 5.10 Å². The maximum Gasteiger partial charge on any atom is 0.311 e. The van der Waals surface area contributed by atoms with Crippen LogP contribution in [0.5, 0.6) is 5.75 Å². The van der Waals surface area contributed by atoms with Gasteiger partial charge in [0.25, 0.3) is 0 Å². The van der Waals surface area contributed by atoms with E-state index < -0.39 is 0 Å². The van der Waals surface area contributed by atoms with Crippen molar-refractivity contribution in [2.45, 2.75) is 44.9 Å². The molecule has 2 aromatic carbocycles. The van der Waals surface area contributed by atoms with E-state index in [1.807, 2.05) is 54.7 Å². The van der Waals surface area contributed by atoms with Crippen LogP contribution in [0.2, 0.25) is 0 Å². The number of aromatic nitrogens is 2. The third-order valence-corrected chi connectivity index (χ3v) is 6.60. The van der Waals surface area contributed by atoms with Gasteiger partial charge in [0, 0.05) is 36.3 Å². The van der Waals surface area contributed by atoms with Gasteiger partial charge in [0.05, 0.1) is 17.4 Å². The largest absolute Gasteiger partial charge is 0.427 e. The Labute approximate surface area is 211 Å². The molecule has 1 aromatic heterocycles. The smallest absolute Gasteiger partial charge is 0.311 e. The summed E-state index contributed by atoms with van der Waals surface area (Å²) in [4.78, 5) is 17.4. The number of hydrogen-bond donors (Lipinski definition) is 2. The second-order valence-electron chi connectivity index (χ2n) is 9.31. The maximum absolute atomic E-state index is 12.5. The van der Waals surface area contributed by atoms with Crippen LogP contribution in [-0.4, -0.2) is 35.2 Å². The van der Waals surface area contributed by atoms with Gasteiger partial charge in [0.15, 0.2) is 0 Å². The fraction of sp³-hybridized carbons (Fsp3) is 0.345. The zero-order valence-electron chi connectivity index (χ0n) is 20.4. The summed E-state index contributed by atoms with van der Waals surface area (Å²) >= 11 is 0. The molecule has 0 atom stereocenters. The third-order valence-electron chi connectivity index (χ3n) is 6.60. The van der Waals surface area contributed by atoms with Gasteiger partial charge in [-0.05, 0) is 80.9 Å². The molecule has 0 bridgehead atoms. The first-order valence-electron chi connectivity index (χ1n) is 12.8. The Morgan fingerprint density at radius 1 is 1.14 bits per heavy atom. The SMILES string of the molecule is O=C(CCC1CCOCC1)Oc1cccc(C2=CCCC/C=C\C(Nc3ccc4[nH]ncc4c3)=N2)c1. The first-order chi connectivity index (χ1) is 17.7. The van der Waals surface area contributed by atoms with E-state index in [2.05, 4.69) is 27.7 Å². The van der Waals surface area contributed by atoms with Gasteiger partial charge in [0.2, 0.25) is 0 Å². The summed E-state index contributed by atoms with van der Waals surface area (Å²) in [5.41, 5.74) is 3.71. The van der Waals surface area contributed by atoms with Crippen LogP contribution in [0, 0.1) is 5.92 Å². The highest BCUT2D eigenvalue weighted by atomic mass is 16.5. The van der Waals surface area contributed by atoms with E-state index in [9.17, 15) is 4.79 Å². The molecule has 186 valence electrons. The number of carbonyl (C=O) groups excluding carboxylic acids is 1. The van der Waals surface area contributed by atoms with Crippen molar-refractivity contribution in [2.75, 3.05) is 18.5 Å². The lowest BCUT2D eigenvalue weighted by atomic mass is 9.95. The molecule has 0 aliphatic carbocycles. The topological polar surface area (TPSA) is 88.6 Å². The van der Waals surface area contributed by atoms with Crippen LogP contribution in [0.15, 0.2) is 71.9 Å². The molecular weight excluding hydrogens is 452 g/mol. The van der Waals surface area contributed by atoms with E-state index >= 15 is 0 Å². The number of hydrogen-bond acceptors (Lipinski definition) is 6. The Balaban J connectivity index is 1.30. The van der Waals surface area contributed by atoms with E-state index in [1.165, 1.54) is 0 Å². The minimum atomic E-state index is -0.189. The molecule has 2 aliphatic heterocycles. The standard InChI is InChI=1S/C29H32N4O3/c34-29(13-10-21-14-16-35-17-15-21)36-25-7-5-6-22(19-25)26-8-3-1-2-4-9-28(32-26)31-24-11-12-27-23(18-24)20-30-33-27/h4-9,11-12,18-21H,1-3,10,13-17H2,(H,30,33)(H,31,32)/b9-4-,26-8?. The summed E-state index contributed by atoms with van der Waals surface area (Å²) in [5.74, 6) is 1.66. The molecule has 2 N–H and O–H groups in total. The molecule has 0 unspecified atom stereocenters. The Hall–Kier alpha value is -3.71. The Morgan fingerprint density at radius 3 is 2.97 bits per heavy atom. The Bertz CT molecular complexity index is 1280. The van der Waals surface area contributed by atoms with Crippen molar-refractivity contribution in [3.63, 3.8) is 0 Å². The van der Waals surface area contributed by atoms with E-state index in [-0.39, 0.29) is 5.97 Å². The lowest BCUT2D eigenvalue weighted by Crippen LogP contribution is -2.18. The van der Waals surface area contributed by atoms with Gasteiger partial charge in [-0.3, -0.25) is 9.89 Å². The third kappa shape index (κ3) is 6.49. The highest BCUT2D eigenvalue weighted by Crippen LogP contribution is 2.26. The number of ether oxygens (including phenoxy) is 2. The van der Waals surface area contributed by atoms with Gasteiger partial charge in [-0.25, -0.2) is 4.99 Å². The van der Waals surface area contributed by atoms with Gasteiger partial charge < -0.3 is 14.8 Å². The molecule has 7 heteroatoms. The first kappa shape index (κ1) is 24.0. The number of rotatable bonds is 6. The summed E-state index contributed by atoms with van der Waals surface area (Å²) in [6.07, 6.45) is 14.4. The number of anilines is 1. The molecule has 0 radical (unpaired) electrons. The van der Waals surface area contributed by atoms with Crippen LogP contribution >= 0.6 is 0 Å². The number of fused-ring (bicyclic) bond motifs is 1. The van der Waals surface area contributed by atoms with Gasteiger partial charge in [0.1, 0.15) is 11.6 Å². The second kappa shape index (κ2) is 11.8. The van der Waals surface area contributed by atoms with Crippen molar-refractivity contribution in [1.29, 1.82) is 0 Å². The van der Waals surface area contributed by atoms with Crippen molar-refractivity contribution >= 4 is 34.1 Å². The molecule has 1 saturated heterocycles. The molecule has 5 rings (SSSR count). The molecule has 7 nitrogen and oxygen atoms in total. The summed E-state index contributed by atoms with van der Waals surface area (Å²) < 4.78 is 11.1. The van der Waals surface area contributed by atoms with Crippen LogP contribution in [0.4, 0.5) is 5.69 Å².